The van der Waals surface area contributed by atoms with Crippen molar-refractivity contribution in [1.29, 1.82) is 0 Å². The van der Waals surface area contributed by atoms with Crippen molar-refractivity contribution < 1.29 is 18.7 Å². The highest BCUT2D eigenvalue weighted by molar-refractivity contribution is 6.32. The molecule has 0 fully saturated rings. The maximum absolute atomic E-state index is 12.8. The second-order valence-corrected chi connectivity index (χ2v) is 4.65. The molecule has 0 aliphatic carbocycles. The fourth-order valence-corrected chi connectivity index (χ4v) is 1.41. The third-order valence-electron chi connectivity index (χ3n) is 2.22. The van der Waals surface area contributed by atoms with Gasteiger partial charge in [-0.05, 0) is 32.0 Å². The van der Waals surface area contributed by atoms with E-state index >= 15 is 0 Å². The lowest BCUT2D eigenvalue weighted by Crippen LogP contribution is -2.32. The number of methoxy groups -OCH3 is 1. The first-order valence-electron chi connectivity index (χ1n) is 5.03. The third kappa shape index (κ3) is 3.60. The number of benzene rings is 1. The minimum absolute atomic E-state index is 0.102. The maximum Gasteiger partial charge on any atom is 0.314 e. The molecule has 0 spiro atoms. The molecule has 0 amide bonds. The first-order valence-corrected chi connectivity index (χ1v) is 5.41. The number of hydrogen-bond donors (Lipinski definition) is 0. The molecule has 0 bridgehead atoms. The van der Waals surface area contributed by atoms with Crippen LogP contribution in [0.5, 0.6) is 5.75 Å². The molecule has 0 saturated carbocycles. The lowest BCUT2D eigenvalue weighted by Gasteiger charge is -2.21. The molecule has 0 aliphatic rings. The largest absolute Gasteiger partial charge is 0.491 e. The molecule has 0 aliphatic heterocycles. The predicted molar refractivity (Wildman–Crippen MR) is 62.7 cm³/mol. The molecule has 0 unspecified atom stereocenters. The average molecular weight is 261 g/mol. The van der Waals surface area contributed by atoms with Gasteiger partial charge in [0.2, 0.25) is 0 Å². The molecule has 0 aromatic heterocycles. The van der Waals surface area contributed by atoms with Gasteiger partial charge in [-0.3, -0.25) is 4.79 Å². The summed E-state index contributed by atoms with van der Waals surface area (Å²) in [6.07, 6.45) is 0. The summed E-state index contributed by atoms with van der Waals surface area (Å²) in [6, 6.07) is 3.82. The Balaban J connectivity index is 2.70. The van der Waals surface area contributed by atoms with Crippen LogP contribution in [0.15, 0.2) is 18.2 Å². The van der Waals surface area contributed by atoms with Gasteiger partial charge in [-0.1, -0.05) is 11.6 Å². The van der Waals surface area contributed by atoms with Crippen LogP contribution in [-0.2, 0) is 9.53 Å². The standard InChI is InChI=1S/C12H14ClFO3/c1-12(2,11(15)16-3)7-17-10-5-4-8(14)6-9(10)13/h4-6H,7H2,1-3H3. The zero-order chi connectivity index (χ0) is 13.1. The number of halogens is 2. The molecule has 5 heteroatoms. The monoisotopic (exact) mass is 260 g/mol. The first-order chi connectivity index (χ1) is 7.86. The van der Waals surface area contributed by atoms with E-state index in [-0.39, 0.29) is 17.6 Å². The van der Waals surface area contributed by atoms with Crippen molar-refractivity contribution >= 4 is 17.6 Å². The topological polar surface area (TPSA) is 35.5 Å². The zero-order valence-corrected chi connectivity index (χ0v) is 10.7. The lowest BCUT2D eigenvalue weighted by atomic mass is 9.95. The summed E-state index contributed by atoms with van der Waals surface area (Å²) in [5, 5.41) is 0.172. The van der Waals surface area contributed by atoms with Gasteiger partial charge < -0.3 is 9.47 Å². The molecule has 0 heterocycles. The summed E-state index contributed by atoms with van der Waals surface area (Å²) >= 11 is 5.79. The van der Waals surface area contributed by atoms with E-state index in [9.17, 15) is 9.18 Å². The predicted octanol–water partition coefficient (Wildman–Crippen LogP) is 3.06. The number of carbonyl (C=O) groups excluding carboxylic acids is 1. The van der Waals surface area contributed by atoms with E-state index in [4.69, 9.17) is 16.3 Å². The van der Waals surface area contributed by atoms with E-state index < -0.39 is 11.2 Å². The van der Waals surface area contributed by atoms with E-state index in [2.05, 4.69) is 4.74 Å². The SMILES string of the molecule is COC(=O)C(C)(C)COc1ccc(F)cc1Cl. The van der Waals surface area contributed by atoms with Crippen molar-refractivity contribution in [3.05, 3.63) is 29.0 Å². The van der Waals surface area contributed by atoms with Crippen LogP contribution in [0.1, 0.15) is 13.8 Å². The van der Waals surface area contributed by atoms with Crippen molar-refractivity contribution in [1.82, 2.24) is 0 Å². The summed E-state index contributed by atoms with van der Waals surface area (Å²) in [5.41, 5.74) is -0.785. The Hall–Kier alpha value is -1.29. The summed E-state index contributed by atoms with van der Waals surface area (Å²) in [4.78, 5) is 11.4. The average Bonchev–Trinajstić information content (AvgIpc) is 2.26. The number of carbonyl (C=O) groups is 1. The van der Waals surface area contributed by atoms with Crippen molar-refractivity contribution in [3.63, 3.8) is 0 Å². The highest BCUT2D eigenvalue weighted by Crippen LogP contribution is 2.27. The maximum atomic E-state index is 12.8. The molecule has 0 N–H and O–H groups in total. The molecule has 1 aromatic rings. The van der Waals surface area contributed by atoms with Gasteiger partial charge in [0, 0.05) is 0 Å². The van der Waals surface area contributed by atoms with E-state index in [0.717, 1.165) is 6.07 Å². The Bertz CT molecular complexity index is 418. The molecule has 0 saturated heterocycles. The van der Waals surface area contributed by atoms with Crippen LogP contribution in [0.4, 0.5) is 4.39 Å². The van der Waals surface area contributed by atoms with Gasteiger partial charge in [-0.25, -0.2) is 4.39 Å². The molecular weight excluding hydrogens is 247 g/mol. The van der Waals surface area contributed by atoms with E-state index in [1.807, 2.05) is 0 Å². The third-order valence-corrected chi connectivity index (χ3v) is 2.52. The Morgan fingerprint density at radius 1 is 1.47 bits per heavy atom. The van der Waals surface area contributed by atoms with Gasteiger partial charge in [0.15, 0.2) is 0 Å². The Kier molecular flexibility index (Phi) is 4.34. The molecule has 17 heavy (non-hydrogen) atoms. The normalized spacial score (nSPS) is 11.1. The second kappa shape index (κ2) is 5.36. The molecule has 0 radical (unpaired) electrons. The number of rotatable bonds is 4. The van der Waals surface area contributed by atoms with Crippen LogP contribution in [0.2, 0.25) is 5.02 Å². The van der Waals surface area contributed by atoms with Gasteiger partial charge in [-0.2, -0.15) is 0 Å². The number of hydrogen-bond acceptors (Lipinski definition) is 3. The highest BCUT2D eigenvalue weighted by atomic mass is 35.5. The molecule has 3 nitrogen and oxygen atoms in total. The molecule has 94 valence electrons. The van der Waals surface area contributed by atoms with E-state index in [1.54, 1.807) is 13.8 Å². The minimum atomic E-state index is -0.785. The van der Waals surface area contributed by atoms with Crippen molar-refractivity contribution in [2.75, 3.05) is 13.7 Å². The van der Waals surface area contributed by atoms with Gasteiger partial charge in [0.25, 0.3) is 0 Å². The quantitative estimate of drug-likeness (QED) is 0.781. The van der Waals surface area contributed by atoms with Crippen molar-refractivity contribution in [3.8, 4) is 5.75 Å². The van der Waals surface area contributed by atoms with Crippen LogP contribution in [-0.4, -0.2) is 19.7 Å². The molecular formula is C12H14ClFO3. The van der Waals surface area contributed by atoms with Gasteiger partial charge in [0.1, 0.15) is 18.2 Å². The van der Waals surface area contributed by atoms with Crippen LogP contribution >= 0.6 is 11.6 Å². The molecule has 0 atom stereocenters. The summed E-state index contributed by atoms with van der Waals surface area (Å²) in [5.74, 6) is -0.477. The van der Waals surface area contributed by atoms with E-state index in [1.165, 1.54) is 19.2 Å². The van der Waals surface area contributed by atoms with Gasteiger partial charge >= 0.3 is 5.97 Å². The van der Waals surface area contributed by atoms with Crippen LogP contribution in [0.25, 0.3) is 0 Å². The summed E-state index contributed by atoms with van der Waals surface area (Å²) < 4.78 is 22.8. The van der Waals surface area contributed by atoms with Gasteiger partial charge in [0.05, 0.1) is 17.5 Å². The zero-order valence-electron chi connectivity index (χ0n) is 9.92. The lowest BCUT2D eigenvalue weighted by molar-refractivity contribution is -0.152. The second-order valence-electron chi connectivity index (χ2n) is 4.24. The van der Waals surface area contributed by atoms with E-state index in [0.29, 0.717) is 5.75 Å². The number of esters is 1. The highest BCUT2D eigenvalue weighted by Gasteiger charge is 2.30. The molecule has 1 rings (SSSR count). The van der Waals surface area contributed by atoms with Crippen molar-refractivity contribution in [2.24, 2.45) is 5.41 Å². The Morgan fingerprint density at radius 3 is 2.65 bits per heavy atom. The smallest absolute Gasteiger partial charge is 0.314 e. The number of ether oxygens (including phenoxy) is 2. The van der Waals surface area contributed by atoms with Crippen LogP contribution in [0, 0.1) is 11.2 Å². The fourth-order valence-electron chi connectivity index (χ4n) is 1.19. The molecule has 1 aromatic carbocycles. The minimum Gasteiger partial charge on any atom is -0.491 e. The Labute approximate surface area is 104 Å². The van der Waals surface area contributed by atoms with Crippen molar-refractivity contribution in [2.45, 2.75) is 13.8 Å². The van der Waals surface area contributed by atoms with Crippen LogP contribution in [0.3, 0.4) is 0 Å². The summed E-state index contributed by atoms with van der Waals surface area (Å²) in [6.45, 7) is 3.48. The fraction of sp³-hybridized carbons (Fsp3) is 0.417. The van der Waals surface area contributed by atoms with Crippen LogP contribution < -0.4 is 4.74 Å². The first kappa shape index (κ1) is 13.8. The van der Waals surface area contributed by atoms with Gasteiger partial charge in [-0.15, -0.1) is 0 Å². The summed E-state index contributed by atoms with van der Waals surface area (Å²) in [7, 11) is 1.31. The Morgan fingerprint density at radius 2 is 2.12 bits per heavy atom.